The van der Waals surface area contributed by atoms with Crippen molar-refractivity contribution in [3.63, 3.8) is 0 Å². The van der Waals surface area contributed by atoms with E-state index in [-0.39, 0.29) is 5.41 Å². The summed E-state index contributed by atoms with van der Waals surface area (Å²) in [7, 11) is 0. The Balaban J connectivity index is 1.40. The van der Waals surface area contributed by atoms with Crippen LogP contribution in [-0.4, -0.2) is 46.5 Å². The second-order valence-corrected chi connectivity index (χ2v) is 10.1. The first-order chi connectivity index (χ1) is 17.9. The molecular formula is C28H26N8O. The lowest BCUT2D eigenvalue weighted by atomic mass is 9.94. The van der Waals surface area contributed by atoms with Gasteiger partial charge >= 0.3 is 0 Å². The molecule has 0 spiro atoms. The lowest BCUT2D eigenvalue weighted by Gasteiger charge is -2.27. The molecule has 9 heteroatoms. The maximum absolute atomic E-state index is 10.5. The minimum absolute atomic E-state index is 0.306. The van der Waals surface area contributed by atoms with Crippen LogP contribution in [0.25, 0.3) is 55.8 Å². The monoisotopic (exact) mass is 490 g/mol. The zero-order chi connectivity index (χ0) is 25.6. The number of nitrogens with zero attached hydrogens (tertiary/aromatic N) is 5. The number of aliphatic hydroxyl groups excluding tert-OH is 1. The van der Waals surface area contributed by atoms with E-state index in [1.165, 1.54) is 0 Å². The maximum Gasteiger partial charge on any atom is 0.159 e. The van der Waals surface area contributed by atoms with Gasteiger partial charge in [0.1, 0.15) is 17.4 Å². The van der Waals surface area contributed by atoms with Crippen LogP contribution in [0.1, 0.15) is 20.8 Å². The van der Waals surface area contributed by atoms with E-state index in [2.05, 4.69) is 41.5 Å². The van der Waals surface area contributed by atoms with Crippen molar-refractivity contribution < 1.29 is 5.11 Å². The number of aromatic amines is 2. The molecule has 1 aromatic carbocycles. The summed E-state index contributed by atoms with van der Waals surface area (Å²) in [5.41, 5.74) is 7.22. The molecule has 0 aliphatic rings. The van der Waals surface area contributed by atoms with Crippen molar-refractivity contribution in [2.75, 3.05) is 5.32 Å². The highest BCUT2D eigenvalue weighted by atomic mass is 16.3. The number of imidazole rings is 1. The summed E-state index contributed by atoms with van der Waals surface area (Å²) >= 11 is 0. The first-order valence-electron chi connectivity index (χ1n) is 12.0. The quantitative estimate of drug-likeness (QED) is 0.238. The van der Waals surface area contributed by atoms with E-state index in [9.17, 15) is 5.11 Å². The van der Waals surface area contributed by atoms with Crippen LogP contribution in [0.15, 0.2) is 73.4 Å². The molecule has 5 aromatic heterocycles. The van der Waals surface area contributed by atoms with E-state index in [0.717, 1.165) is 50.0 Å². The highest BCUT2D eigenvalue weighted by molar-refractivity contribution is 5.97. The predicted molar refractivity (Wildman–Crippen MR) is 145 cm³/mol. The van der Waals surface area contributed by atoms with Crippen LogP contribution in [0.5, 0.6) is 0 Å². The molecule has 6 aromatic rings. The number of fused-ring (bicyclic) bond motifs is 2. The fourth-order valence-corrected chi connectivity index (χ4v) is 4.18. The van der Waals surface area contributed by atoms with Crippen molar-refractivity contribution in [1.82, 2.24) is 35.1 Å². The SMILES string of the molecule is CC(C)(C)C(O)Nc1cncc(-c2ccc3[nH]nc(-c4nc5c(-c6ccccn6)cncc5[nH]4)c3c2)c1. The van der Waals surface area contributed by atoms with Crippen LogP contribution >= 0.6 is 0 Å². The van der Waals surface area contributed by atoms with Crippen LogP contribution in [0.2, 0.25) is 0 Å². The molecule has 1 unspecified atom stereocenters. The molecule has 0 bridgehead atoms. The summed E-state index contributed by atoms with van der Waals surface area (Å²) in [6.45, 7) is 5.93. The molecule has 0 amide bonds. The van der Waals surface area contributed by atoms with Gasteiger partial charge in [0.15, 0.2) is 5.82 Å². The van der Waals surface area contributed by atoms with E-state index >= 15 is 0 Å². The molecule has 9 nitrogen and oxygen atoms in total. The van der Waals surface area contributed by atoms with Gasteiger partial charge in [-0.15, -0.1) is 0 Å². The van der Waals surface area contributed by atoms with E-state index in [0.29, 0.717) is 11.5 Å². The summed E-state index contributed by atoms with van der Waals surface area (Å²) in [5.74, 6) is 0.644. The molecule has 0 aliphatic carbocycles. The second-order valence-electron chi connectivity index (χ2n) is 10.1. The van der Waals surface area contributed by atoms with Crippen molar-refractivity contribution >= 4 is 27.6 Å². The van der Waals surface area contributed by atoms with Crippen molar-refractivity contribution in [1.29, 1.82) is 0 Å². The van der Waals surface area contributed by atoms with Gasteiger partial charge in [-0.2, -0.15) is 5.10 Å². The maximum atomic E-state index is 10.5. The van der Waals surface area contributed by atoms with Gasteiger partial charge in [0, 0.05) is 40.5 Å². The van der Waals surface area contributed by atoms with Gasteiger partial charge in [-0.25, -0.2) is 4.98 Å². The summed E-state index contributed by atoms with van der Waals surface area (Å²) in [5, 5.41) is 22.2. The number of aliphatic hydroxyl groups is 1. The lowest BCUT2D eigenvalue weighted by molar-refractivity contribution is 0.0880. The summed E-state index contributed by atoms with van der Waals surface area (Å²) in [6, 6.07) is 13.8. The molecule has 37 heavy (non-hydrogen) atoms. The van der Waals surface area contributed by atoms with Crippen molar-refractivity contribution in [2.45, 2.75) is 27.0 Å². The average molecular weight is 491 g/mol. The van der Waals surface area contributed by atoms with Crippen LogP contribution in [-0.2, 0) is 0 Å². The average Bonchev–Trinajstić information content (AvgIpc) is 3.52. The Morgan fingerprint density at radius 3 is 2.59 bits per heavy atom. The summed E-state index contributed by atoms with van der Waals surface area (Å²) < 4.78 is 0. The lowest BCUT2D eigenvalue weighted by Crippen LogP contribution is -2.33. The number of benzene rings is 1. The van der Waals surface area contributed by atoms with Crippen molar-refractivity contribution in [3.8, 4) is 33.9 Å². The zero-order valence-corrected chi connectivity index (χ0v) is 20.7. The van der Waals surface area contributed by atoms with Crippen molar-refractivity contribution in [2.24, 2.45) is 5.41 Å². The molecule has 184 valence electrons. The van der Waals surface area contributed by atoms with Crippen molar-refractivity contribution in [3.05, 3.63) is 73.4 Å². The fourth-order valence-electron chi connectivity index (χ4n) is 4.18. The molecule has 6 rings (SSSR count). The second kappa shape index (κ2) is 8.79. The van der Waals surface area contributed by atoms with Crippen LogP contribution < -0.4 is 5.32 Å². The Bertz CT molecular complexity index is 1720. The third-order valence-electron chi connectivity index (χ3n) is 6.32. The van der Waals surface area contributed by atoms with Gasteiger partial charge in [-0.3, -0.25) is 20.1 Å². The minimum atomic E-state index is -0.703. The fraction of sp³-hybridized carbons (Fsp3) is 0.179. The first kappa shape index (κ1) is 22.8. The number of anilines is 1. The highest BCUT2D eigenvalue weighted by Crippen LogP contribution is 2.33. The normalized spacial score (nSPS) is 12.8. The van der Waals surface area contributed by atoms with Gasteiger partial charge < -0.3 is 15.4 Å². The minimum Gasteiger partial charge on any atom is -0.373 e. The molecule has 5 heterocycles. The number of pyridine rings is 3. The highest BCUT2D eigenvalue weighted by Gasteiger charge is 2.22. The number of hydrogen-bond acceptors (Lipinski definition) is 7. The Labute approximate surface area is 213 Å². The Morgan fingerprint density at radius 2 is 1.78 bits per heavy atom. The smallest absolute Gasteiger partial charge is 0.159 e. The third-order valence-corrected chi connectivity index (χ3v) is 6.32. The molecule has 0 aliphatic heterocycles. The standard InChI is InChI=1S/C28H26N8O/c1-28(2,3)27(37)32-18-10-17(12-29-13-18)16-7-8-22-19(11-16)25(36-35-22)26-33-23-15-30-14-20(24(23)34-26)21-6-4-5-9-31-21/h4-15,27,32,37H,1-3H3,(H,33,34)(H,35,36). The Morgan fingerprint density at radius 1 is 0.919 bits per heavy atom. The molecular weight excluding hydrogens is 464 g/mol. The molecule has 0 radical (unpaired) electrons. The van der Waals surface area contributed by atoms with Crippen LogP contribution in [0.4, 0.5) is 5.69 Å². The van der Waals surface area contributed by atoms with Gasteiger partial charge in [-0.1, -0.05) is 32.9 Å². The van der Waals surface area contributed by atoms with E-state index in [1.807, 2.05) is 63.4 Å². The molecule has 0 saturated carbocycles. The van der Waals surface area contributed by atoms with E-state index in [1.54, 1.807) is 24.8 Å². The summed E-state index contributed by atoms with van der Waals surface area (Å²) in [6.07, 6.45) is 8.11. The van der Waals surface area contributed by atoms with Gasteiger partial charge in [0.05, 0.1) is 34.8 Å². The zero-order valence-electron chi connectivity index (χ0n) is 20.7. The van der Waals surface area contributed by atoms with Gasteiger partial charge in [0.2, 0.25) is 0 Å². The van der Waals surface area contributed by atoms with Crippen LogP contribution in [0.3, 0.4) is 0 Å². The van der Waals surface area contributed by atoms with Gasteiger partial charge in [0.25, 0.3) is 0 Å². The molecule has 0 saturated heterocycles. The number of hydrogen-bond donors (Lipinski definition) is 4. The predicted octanol–water partition coefficient (Wildman–Crippen LogP) is 5.40. The Kier molecular flexibility index (Phi) is 5.42. The van der Waals surface area contributed by atoms with Gasteiger partial charge in [-0.05, 0) is 35.9 Å². The van der Waals surface area contributed by atoms with E-state index in [4.69, 9.17) is 4.98 Å². The largest absolute Gasteiger partial charge is 0.373 e. The summed E-state index contributed by atoms with van der Waals surface area (Å²) in [4.78, 5) is 21.5. The number of aromatic nitrogens is 7. The molecule has 4 N–H and O–H groups in total. The topological polar surface area (TPSA) is 128 Å². The molecule has 1 atom stereocenters. The number of rotatable bonds is 5. The molecule has 0 fully saturated rings. The van der Waals surface area contributed by atoms with Crippen LogP contribution in [0, 0.1) is 5.41 Å². The Hall–Kier alpha value is -4.63. The van der Waals surface area contributed by atoms with E-state index < -0.39 is 6.23 Å². The third kappa shape index (κ3) is 4.30. The number of nitrogens with one attached hydrogen (secondary N) is 3. The number of H-pyrrole nitrogens is 2. The first-order valence-corrected chi connectivity index (χ1v) is 12.0.